The number of hydrogen-bond acceptors (Lipinski definition) is 0. The molecule has 108 heavy (non-hydrogen) atoms. The van der Waals surface area contributed by atoms with Gasteiger partial charge in [0.05, 0.1) is 44.7 Å². The monoisotopic (exact) mass is 1620 g/mol. The van der Waals surface area contributed by atoms with Crippen molar-refractivity contribution >= 4 is 95.4 Å². The number of halogens is 30. The normalized spacial score (nSPS) is 15.6. The van der Waals surface area contributed by atoms with Gasteiger partial charge in [-0.3, -0.25) is 0 Å². The Labute approximate surface area is 594 Å². The van der Waals surface area contributed by atoms with Crippen LogP contribution in [0.5, 0.6) is 0 Å². The van der Waals surface area contributed by atoms with Crippen LogP contribution in [0.3, 0.4) is 0 Å². The zero-order valence-electron chi connectivity index (χ0n) is 55.8. The van der Waals surface area contributed by atoms with Crippen molar-refractivity contribution < 1.29 is 132 Å². The van der Waals surface area contributed by atoms with Gasteiger partial charge < -0.3 is 0 Å². The summed E-state index contributed by atoms with van der Waals surface area (Å²) < 4.78 is 515. The second-order valence-electron chi connectivity index (χ2n) is 26.7. The molecule has 10 aromatic carbocycles. The molecule has 36 heteroatoms. The Bertz CT molecular complexity index is 4640. The highest BCUT2D eigenvalue weighted by atomic mass is 31.5. The number of benzene rings is 10. The summed E-state index contributed by atoms with van der Waals surface area (Å²) in [5.74, 6) is -105. The minimum atomic E-state index is -6.99. The first-order valence-corrected chi connectivity index (χ1v) is 42.5. The van der Waals surface area contributed by atoms with E-state index in [2.05, 4.69) is 0 Å². The molecule has 0 aliphatic carbocycles. The first-order valence-electron chi connectivity index (χ1n) is 31.2. The van der Waals surface area contributed by atoms with Crippen molar-refractivity contribution in [1.29, 1.82) is 0 Å². The Balaban J connectivity index is 1.67. The Morgan fingerprint density at radius 2 is 0.306 bits per heavy atom. The molecule has 0 N–H and O–H groups in total. The van der Waals surface area contributed by atoms with Gasteiger partial charge in [-0.05, 0) is 102 Å². The molecule has 0 atom stereocenters. The van der Waals surface area contributed by atoms with E-state index in [0.29, 0.717) is 0 Å². The predicted octanol–water partition coefficient (Wildman–Crippen LogP) is 17.4. The molecule has 564 valence electrons. The average molecular weight is 1620 g/mol. The van der Waals surface area contributed by atoms with Crippen LogP contribution in [0.4, 0.5) is 132 Å². The fraction of sp³-hybridized carbons (Fsp3) is 0.111. The highest BCUT2D eigenvalue weighted by Crippen LogP contribution is 2.90. The minimum Gasteiger partial charge on any atom is -0.207 e. The van der Waals surface area contributed by atoms with Crippen molar-refractivity contribution in [2.75, 3.05) is 0 Å². The Hall–Kier alpha value is -9.00. The summed E-state index contributed by atoms with van der Waals surface area (Å²) in [6, 6.07) is 16.5. The maximum Gasteiger partial charge on any atom is 0.301 e. The molecule has 1 aliphatic heterocycles. The average Bonchev–Trinajstić information content (AvgIpc) is 0.646. The van der Waals surface area contributed by atoms with Crippen LogP contribution in [0, 0.1) is 202 Å². The van der Waals surface area contributed by atoms with Crippen LogP contribution in [-0.4, -0.2) is 27.8 Å². The van der Waals surface area contributed by atoms with Crippen molar-refractivity contribution in [3.8, 4) is 0 Å². The van der Waals surface area contributed by atoms with Crippen LogP contribution in [0.1, 0.15) is 22.3 Å². The van der Waals surface area contributed by atoms with Gasteiger partial charge in [0.25, 0.3) is 0 Å². The quantitative estimate of drug-likeness (QED) is 0.0376. The molecule has 0 spiro atoms. The molecule has 0 unspecified atom stereocenters. The van der Waals surface area contributed by atoms with Crippen LogP contribution in [0.2, 0.25) is 26.2 Å². The Kier molecular flexibility index (Phi) is 20.4. The lowest BCUT2D eigenvalue weighted by Crippen LogP contribution is -2.74. The van der Waals surface area contributed by atoms with E-state index in [-0.39, 0.29) is 34.2 Å². The zero-order chi connectivity index (χ0) is 80.3. The summed E-state index contributed by atoms with van der Waals surface area (Å²) in [6.07, 6.45) is -14.0. The van der Waals surface area contributed by atoms with Crippen LogP contribution in [0.25, 0.3) is 0 Å². The largest absolute Gasteiger partial charge is 0.301 e. The summed E-state index contributed by atoms with van der Waals surface area (Å²) in [7, 11) is -12.4. The second kappa shape index (κ2) is 27.5. The smallest absolute Gasteiger partial charge is 0.207 e. The molecular weight excluding hydrogens is 1570 g/mol. The predicted molar refractivity (Wildman–Crippen MR) is 355 cm³/mol. The molecule has 1 fully saturated rings. The van der Waals surface area contributed by atoms with Crippen LogP contribution >= 0.6 is 13.6 Å². The Morgan fingerprint density at radius 1 is 0.194 bits per heavy atom. The van der Waals surface area contributed by atoms with Gasteiger partial charge in [0, 0.05) is 0 Å². The molecule has 11 rings (SSSR count). The third-order valence-corrected chi connectivity index (χ3v) is 56.4. The molecule has 1 aliphatic rings. The fourth-order valence-electron chi connectivity index (χ4n) is 15.6. The minimum absolute atomic E-state index is 0.0883. The molecule has 1 saturated heterocycles. The molecule has 0 amide bonds. The second-order valence-corrected chi connectivity index (χ2v) is 51.3. The van der Waals surface area contributed by atoms with Gasteiger partial charge in [0.2, 0.25) is 0 Å². The van der Waals surface area contributed by atoms with E-state index in [1.165, 1.54) is 27.7 Å². The van der Waals surface area contributed by atoms with Gasteiger partial charge >= 0.3 is 15.5 Å². The van der Waals surface area contributed by atoms with Gasteiger partial charge in [-0.2, -0.15) is 12.0 Å². The van der Waals surface area contributed by atoms with E-state index in [1.807, 2.05) is 0 Å². The molecule has 10 aromatic rings. The van der Waals surface area contributed by atoms with Gasteiger partial charge in [-0.1, -0.05) is 70.8 Å². The first kappa shape index (κ1) is 80.0. The molecule has 0 aromatic heterocycles. The van der Waals surface area contributed by atoms with E-state index < -0.39 is 280 Å². The number of rotatable bonds is 12. The number of hydrogen-bond donors (Lipinski definition) is 0. The van der Waals surface area contributed by atoms with E-state index in [0.717, 1.165) is 123 Å². The third-order valence-electron chi connectivity index (χ3n) is 20.3. The Morgan fingerprint density at radius 3 is 0.426 bits per heavy atom. The third kappa shape index (κ3) is 10.9. The molecule has 1 heterocycles. The van der Waals surface area contributed by atoms with E-state index in [9.17, 15) is 0 Å². The lowest BCUT2D eigenvalue weighted by atomic mass is 9.15. The molecular formula is C72H42B2F30P2Si2. The van der Waals surface area contributed by atoms with Crippen molar-refractivity contribution in [2.24, 2.45) is 0 Å². The lowest BCUT2D eigenvalue weighted by Gasteiger charge is -2.58. The van der Waals surface area contributed by atoms with Crippen molar-refractivity contribution in [3.63, 3.8) is 0 Å². The van der Waals surface area contributed by atoms with Gasteiger partial charge in [-0.15, -0.1) is 32.8 Å². The molecule has 0 bridgehead atoms. The van der Waals surface area contributed by atoms with Crippen LogP contribution < -0.4 is 54.0 Å². The van der Waals surface area contributed by atoms with Gasteiger partial charge in [0.1, 0.15) is 82.1 Å². The first-order chi connectivity index (χ1) is 50.2. The topological polar surface area (TPSA) is 0 Å². The maximum atomic E-state index is 18.2. The summed E-state index contributed by atoms with van der Waals surface area (Å²) >= 11 is 0. The maximum absolute atomic E-state index is 18.2. The van der Waals surface area contributed by atoms with Crippen LogP contribution in [0.15, 0.2) is 119 Å². The van der Waals surface area contributed by atoms with E-state index in [4.69, 9.17) is 0 Å². The van der Waals surface area contributed by atoms with Crippen molar-refractivity contribution in [2.45, 2.75) is 53.9 Å². The molecule has 0 nitrogen and oxygen atoms in total. The SMILES string of the molecule is Cc1ccc([P+]2(c3ccc(C)cc3)/C(=C/[B-](c3c(F)c(F)c(F)c(F)c3F)(c3c(F)c(F)c(F)c(F)c3F)c3c(F)c(F)c(F)c(F)c3F)[Si](C)(C)[P+](c3ccc(C)cc3)(c3ccc(C)cc3)/C(=C/[B-](c3c(F)c(F)c(F)c(F)c3F)(c3c(F)c(F)c(F)c(F)c3F)c3c(F)c(F)c(F)c(F)c3F)[Si]2(C)C)cc1. The lowest BCUT2D eigenvalue weighted by molar-refractivity contribution is 0.379. The highest BCUT2D eigenvalue weighted by molar-refractivity contribution is 8.36. The zero-order valence-corrected chi connectivity index (χ0v) is 59.6. The summed E-state index contributed by atoms with van der Waals surface area (Å²) in [6.45, 7) is -2.92. The summed E-state index contributed by atoms with van der Waals surface area (Å²) in [5.41, 5.74) is -19.0. The highest BCUT2D eigenvalue weighted by Gasteiger charge is 2.82. The van der Waals surface area contributed by atoms with E-state index in [1.54, 1.807) is 0 Å². The van der Waals surface area contributed by atoms with Crippen molar-refractivity contribution in [3.05, 3.63) is 316 Å². The molecule has 0 radical (unpaired) electrons. The summed E-state index contributed by atoms with van der Waals surface area (Å²) in [4.78, 5) is -2.35. The van der Waals surface area contributed by atoms with Gasteiger partial charge in [-0.25, -0.2) is 132 Å². The molecule has 0 saturated carbocycles. The van der Waals surface area contributed by atoms with E-state index >= 15 is 132 Å². The summed E-state index contributed by atoms with van der Waals surface area (Å²) in [5, 5.41) is -2.46. The van der Waals surface area contributed by atoms with Gasteiger partial charge in [0.15, 0.2) is 105 Å². The standard InChI is InChI=1S/C72H42B2F30P2Si2/c1-27-9-17-31(18-10-27)105(32-19-11-28(2)12-20-32)35(25-73(37-43(75)55(87)67(99)56(88)44(37)76,38-45(77)57(89)68(100)58(90)46(38)78)39-47(79)59(91)69(101)60(92)48(39)80)108(7,8)106(33-21-13-29(3)14-22-33,34-23-15-30(4)16-24-34)36(107(105,5)6)26-74(40-49(81)61(93)70(102)62(94)50(40)82,41-51(83)63(95)71(103)64(96)52(41)84)42-53(85)65(97)72(104)66(98)54(42)86/h9-26H,1-8H3/b35-25-,36-26-. The van der Waals surface area contributed by atoms with Crippen LogP contribution in [-0.2, 0) is 0 Å². The van der Waals surface area contributed by atoms with Crippen molar-refractivity contribution in [1.82, 2.24) is 0 Å². The fourth-order valence-corrected chi connectivity index (χ4v) is 67.7. The number of aryl methyl sites for hydroxylation is 4.